The first-order chi connectivity index (χ1) is 8.71. The lowest BCUT2D eigenvalue weighted by molar-refractivity contribution is 0.369. The van der Waals surface area contributed by atoms with Crippen LogP contribution in [0.2, 0.25) is 5.02 Å². The molecule has 0 spiro atoms. The summed E-state index contributed by atoms with van der Waals surface area (Å²) < 4.78 is 39.2. The van der Waals surface area contributed by atoms with Gasteiger partial charge in [0.2, 0.25) is 10.0 Å². The van der Waals surface area contributed by atoms with Crippen molar-refractivity contribution in [1.29, 1.82) is 0 Å². The molecule has 1 atom stereocenters. The summed E-state index contributed by atoms with van der Waals surface area (Å²) >= 11 is 5.81. The Labute approximate surface area is 118 Å². The van der Waals surface area contributed by atoms with Crippen molar-refractivity contribution in [2.24, 2.45) is 0 Å². The molecular formula is C12H18ClFN2O2S. The first-order valence-corrected chi connectivity index (χ1v) is 7.76. The van der Waals surface area contributed by atoms with E-state index in [2.05, 4.69) is 0 Å². The van der Waals surface area contributed by atoms with E-state index in [1.54, 1.807) is 0 Å². The van der Waals surface area contributed by atoms with Crippen LogP contribution in [0, 0.1) is 5.82 Å². The molecule has 19 heavy (non-hydrogen) atoms. The van der Waals surface area contributed by atoms with E-state index in [4.69, 9.17) is 17.3 Å². The first-order valence-electron chi connectivity index (χ1n) is 5.94. The van der Waals surface area contributed by atoms with E-state index in [-0.39, 0.29) is 21.6 Å². The number of benzene rings is 1. The molecule has 0 aliphatic heterocycles. The second-order valence-corrected chi connectivity index (χ2v) is 6.84. The minimum Gasteiger partial charge on any atom is -0.396 e. The third-order valence-corrected chi connectivity index (χ3v) is 5.47. The molecule has 108 valence electrons. The maximum atomic E-state index is 13.2. The molecule has 2 N–H and O–H groups in total. The lowest BCUT2D eigenvalue weighted by atomic mass is 10.2. The van der Waals surface area contributed by atoms with Crippen LogP contribution in [0.5, 0.6) is 0 Å². The number of rotatable bonds is 5. The molecule has 0 bridgehead atoms. The van der Waals surface area contributed by atoms with Crippen LogP contribution in [0.15, 0.2) is 17.0 Å². The Balaban J connectivity index is 3.24. The third-order valence-electron chi connectivity index (χ3n) is 3.04. The fraction of sp³-hybridized carbons (Fsp3) is 0.500. The van der Waals surface area contributed by atoms with Gasteiger partial charge in [0, 0.05) is 13.1 Å². The van der Waals surface area contributed by atoms with Crippen LogP contribution < -0.4 is 5.73 Å². The fourth-order valence-electron chi connectivity index (χ4n) is 1.73. The smallest absolute Gasteiger partial charge is 0.244 e. The second kappa shape index (κ2) is 6.07. The van der Waals surface area contributed by atoms with Crippen molar-refractivity contribution in [2.45, 2.75) is 37.6 Å². The van der Waals surface area contributed by atoms with E-state index in [0.717, 1.165) is 25.0 Å². The second-order valence-electron chi connectivity index (χ2n) is 4.46. The predicted octanol–water partition coefficient (Wildman–Crippen LogP) is 2.87. The van der Waals surface area contributed by atoms with Crippen LogP contribution in [0.4, 0.5) is 10.1 Å². The Morgan fingerprint density at radius 1 is 1.47 bits per heavy atom. The van der Waals surface area contributed by atoms with Gasteiger partial charge in [0.1, 0.15) is 10.7 Å². The highest BCUT2D eigenvalue weighted by molar-refractivity contribution is 7.89. The summed E-state index contributed by atoms with van der Waals surface area (Å²) in [5.74, 6) is -0.729. The van der Waals surface area contributed by atoms with Gasteiger partial charge in [0.25, 0.3) is 0 Å². The summed E-state index contributed by atoms with van der Waals surface area (Å²) in [6.45, 7) is 3.78. The van der Waals surface area contributed by atoms with Crippen molar-refractivity contribution in [3.63, 3.8) is 0 Å². The van der Waals surface area contributed by atoms with Gasteiger partial charge >= 0.3 is 0 Å². The van der Waals surface area contributed by atoms with Gasteiger partial charge in [-0.15, -0.1) is 0 Å². The van der Waals surface area contributed by atoms with Crippen LogP contribution in [0.1, 0.15) is 26.7 Å². The average molecular weight is 309 g/mol. The number of halogens is 2. The van der Waals surface area contributed by atoms with Gasteiger partial charge in [0.15, 0.2) is 0 Å². The summed E-state index contributed by atoms with van der Waals surface area (Å²) in [6, 6.07) is 1.81. The van der Waals surface area contributed by atoms with E-state index in [1.807, 2.05) is 13.8 Å². The number of hydrogen-bond donors (Lipinski definition) is 1. The SMILES string of the molecule is CCCC(C)N(C)S(=O)(=O)c1cc(N)c(F)cc1Cl. The van der Waals surface area contributed by atoms with Crippen LogP contribution in [0.25, 0.3) is 0 Å². The minimum atomic E-state index is -3.78. The monoisotopic (exact) mass is 308 g/mol. The number of hydrogen-bond acceptors (Lipinski definition) is 3. The molecule has 0 radical (unpaired) electrons. The van der Waals surface area contributed by atoms with Crippen molar-refractivity contribution in [1.82, 2.24) is 4.31 Å². The van der Waals surface area contributed by atoms with Crippen molar-refractivity contribution in [3.05, 3.63) is 23.0 Å². The number of nitrogens with two attached hydrogens (primary N) is 1. The van der Waals surface area contributed by atoms with Gasteiger partial charge in [-0.3, -0.25) is 0 Å². The van der Waals surface area contributed by atoms with Gasteiger partial charge in [-0.25, -0.2) is 12.8 Å². The summed E-state index contributed by atoms with van der Waals surface area (Å²) in [4.78, 5) is -0.168. The third kappa shape index (κ3) is 3.38. The molecule has 4 nitrogen and oxygen atoms in total. The zero-order valence-electron chi connectivity index (χ0n) is 11.2. The maximum Gasteiger partial charge on any atom is 0.244 e. The molecule has 0 fully saturated rings. The topological polar surface area (TPSA) is 63.4 Å². The Hall–Kier alpha value is -0.850. The molecule has 0 saturated carbocycles. The van der Waals surface area contributed by atoms with E-state index >= 15 is 0 Å². The quantitative estimate of drug-likeness (QED) is 0.851. The molecule has 0 aromatic heterocycles. The number of anilines is 1. The van der Waals surface area contributed by atoms with Crippen molar-refractivity contribution < 1.29 is 12.8 Å². The van der Waals surface area contributed by atoms with E-state index in [9.17, 15) is 12.8 Å². The Morgan fingerprint density at radius 2 is 2.05 bits per heavy atom. The summed E-state index contributed by atoms with van der Waals surface area (Å²) in [5.41, 5.74) is 5.17. The largest absolute Gasteiger partial charge is 0.396 e. The van der Waals surface area contributed by atoms with E-state index < -0.39 is 15.8 Å². The summed E-state index contributed by atoms with van der Waals surface area (Å²) in [6.07, 6.45) is 1.59. The molecule has 1 rings (SSSR count). The van der Waals surface area contributed by atoms with Crippen LogP contribution in [0.3, 0.4) is 0 Å². The van der Waals surface area contributed by atoms with E-state index in [1.165, 1.54) is 11.4 Å². The molecule has 0 amide bonds. The zero-order valence-corrected chi connectivity index (χ0v) is 12.7. The van der Waals surface area contributed by atoms with Crippen molar-refractivity contribution in [2.75, 3.05) is 12.8 Å². The van der Waals surface area contributed by atoms with E-state index in [0.29, 0.717) is 0 Å². The fourth-order valence-corrected chi connectivity index (χ4v) is 3.65. The van der Waals surface area contributed by atoms with Gasteiger partial charge in [-0.05, 0) is 25.5 Å². The lowest BCUT2D eigenvalue weighted by Crippen LogP contribution is -2.35. The lowest BCUT2D eigenvalue weighted by Gasteiger charge is -2.24. The van der Waals surface area contributed by atoms with Crippen LogP contribution in [-0.2, 0) is 10.0 Å². The maximum absolute atomic E-state index is 13.2. The standard InChI is InChI=1S/C12H18ClFN2O2S/c1-4-5-8(2)16(3)19(17,18)12-7-11(15)10(14)6-9(12)13/h6-8H,4-5,15H2,1-3H3. The van der Waals surface area contributed by atoms with Crippen LogP contribution in [-0.4, -0.2) is 25.8 Å². The number of nitrogen functional groups attached to an aromatic ring is 1. The van der Waals surface area contributed by atoms with Gasteiger partial charge < -0.3 is 5.73 Å². The summed E-state index contributed by atoms with van der Waals surface area (Å²) in [7, 11) is -2.30. The molecule has 0 aliphatic carbocycles. The van der Waals surface area contributed by atoms with Gasteiger partial charge in [-0.2, -0.15) is 4.31 Å². The molecule has 7 heteroatoms. The predicted molar refractivity (Wildman–Crippen MR) is 75.1 cm³/mol. The molecule has 0 saturated heterocycles. The highest BCUT2D eigenvalue weighted by Crippen LogP contribution is 2.29. The van der Waals surface area contributed by atoms with Gasteiger partial charge in [0.05, 0.1) is 10.7 Å². The molecule has 1 unspecified atom stereocenters. The van der Waals surface area contributed by atoms with Crippen molar-refractivity contribution >= 4 is 27.3 Å². The Bertz CT molecular complexity index is 563. The average Bonchev–Trinajstić information content (AvgIpc) is 2.32. The Kier molecular flexibility index (Phi) is 5.18. The molecule has 1 aromatic carbocycles. The Morgan fingerprint density at radius 3 is 2.58 bits per heavy atom. The molecule has 1 aromatic rings. The number of nitrogens with zero attached hydrogens (tertiary/aromatic N) is 1. The summed E-state index contributed by atoms with van der Waals surface area (Å²) in [5, 5.41) is -0.165. The highest BCUT2D eigenvalue weighted by Gasteiger charge is 2.28. The normalized spacial score (nSPS) is 13.8. The van der Waals surface area contributed by atoms with Gasteiger partial charge in [-0.1, -0.05) is 24.9 Å². The number of sulfonamides is 1. The minimum absolute atomic E-state index is 0.165. The van der Waals surface area contributed by atoms with Crippen LogP contribution >= 0.6 is 11.6 Å². The molecule has 0 aliphatic rings. The zero-order chi connectivity index (χ0) is 14.8. The molecule has 0 heterocycles. The highest BCUT2D eigenvalue weighted by atomic mass is 35.5. The van der Waals surface area contributed by atoms with Crippen molar-refractivity contribution in [3.8, 4) is 0 Å². The first kappa shape index (κ1) is 16.2. The molecular weight excluding hydrogens is 291 g/mol.